The zero-order chi connectivity index (χ0) is 41.0. The van der Waals surface area contributed by atoms with E-state index < -0.39 is 0 Å². The van der Waals surface area contributed by atoms with Crippen LogP contribution in [-0.4, -0.2) is 0 Å². The molecule has 1 nitrogen and oxygen atoms in total. The molecule has 0 unspecified atom stereocenters. The molecule has 0 radical (unpaired) electrons. The molecular formula is C60H39NS. The Morgan fingerprint density at radius 1 is 0.242 bits per heavy atom. The maximum Gasteiger partial charge on any atom is 0.0468 e. The molecule has 0 aliphatic carbocycles. The van der Waals surface area contributed by atoms with E-state index in [2.05, 4.69) is 241 Å². The Labute approximate surface area is 365 Å². The highest BCUT2D eigenvalue weighted by molar-refractivity contribution is 7.25. The summed E-state index contributed by atoms with van der Waals surface area (Å²) in [6.07, 6.45) is 0. The first kappa shape index (κ1) is 36.1. The lowest BCUT2D eigenvalue weighted by Crippen LogP contribution is -2.10. The van der Waals surface area contributed by atoms with Gasteiger partial charge in [0.25, 0.3) is 0 Å². The van der Waals surface area contributed by atoms with Crippen LogP contribution in [0.2, 0.25) is 0 Å². The van der Waals surface area contributed by atoms with Crippen molar-refractivity contribution in [3.8, 4) is 44.5 Å². The molecule has 0 saturated carbocycles. The molecule has 11 aromatic carbocycles. The Bertz CT molecular complexity index is 3620. The number of anilines is 3. The second kappa shape index (κ2) is 15.0. The van der Waals surface area contributed by atoms with Crippen LogP contribution in [0, 0.1) is 0 Å². The zero-order valence-corrected chi connectivity index (χ0v) is 34.7. The second-order valence-corrected chi connectivity index (χ2v) is 17.1. The van der Waals surface area contributed by atoms with Crippen LogP contribution in [0.3, 0.4) is 0 Å². The van der Waals surface area contributed by atoms with Crippen LogP contribution in [0.25, 0.3) is 97.0 Å². The van der Waals surface area contributed by atoms with Gasteiger partial charge in [-0.25, -0.2) is 0 Å². The van der Waals surface area contributed by atoms with Crippen LogP contribution in [0.5, 0.6) is 0 Å². The van der Waals surface area contributed by atoms with Crippen LogP contribution in [0.15, 0.2) is 237 Å². The van der Waals surface area contributed by atoms with E-state index in [1.165, 1.54) is 91.4 Å². The van der Waals surface area contributed by atoms with Crippen molar-refractivity contribution in [1.82, 2.24) is 0 Å². The van der Waals surface area contributed by atoms with E-state index in [-0.39, 0.29) is 0 Å². The summed E-state index contributed by atoms with van der Waals surface area (Å²) in [6, 6.07) is 86.8. The van der Waals surface area contributed by atoms with Crippen molar-refractivity contribution < 1.29 is 0 Å². The third-order valence-corrected chi connectivity index (χ3v) is 13.6. The minimum atomic E-state index is 1.10. The van der Waals surface area contributed by atoms with E-state index in [1.807, 2.05) is 11.3 Å². The van der Waals surface area contributed by atoms with E-state index in [4.69, 9.17) is 0 Å². The number of benzene rings is 11. The van der Waals surface area contributed by atoms with Crippen molar-refractivity contribution in [2.45, 2.75) is 0 Å². The molecule has 0 aliphatic rings. The maximum atomic E-state index is 2.42. The average molecular weight is 806 g/mol. The van der Waals surface area contributed by atoms with Crippen LogP contribution >= 0.6 is 11.3 Å². The van der Waals surface area contributed by atoms with Gasteiger partial charge in [0, 0.05) is 37.2 Å². The molecule has 0 bridgehead atoms. The first-order valence-corrected chi connectivity index (χ1v) is 22.1. The average Bonchev–Trinajstić information content (AvgIpc) is 3.72. The van der Waals surface area contributed by atoms with E-state index in [9.17, 15) is 0 Å². The summed E-state index contributed by atoms with van der Waals surface area (Å²) in [6.45, 7) is 0. The molecule has 1 heterocycles. The standard InChI is InChI=1S/C60H39NS/c1-3-15-42(16-4-1)59-54-24-10-9-22-51(54)52-34-30-47(38-56(52)60(59)43-17-5-2-6-18-43)45-20-13-21-49(37-45)61(50-33-35-58-55(39-50)53-23-11-12-25-57(53)62-58)48-31-28-41(29-32-48)46-27-26-40-14-7-8-19-44(40)36-46/h1-39H. The third kappa shape index (κ3) is 6.24. The van der Waals surface area contributed by atoms with Crippen molar-refractivity contribution in [3.05, 3.63) is 237 Å². The molecule has 2 heteroatoms. The molecule has 0 amide bonds. The maximum absolute atomic E-state index is 2.42. The van der Waals surface area contributed by atoms with E-state index >= 15 is 0 Å². The fraction of sp³-hybridized carbons (Fsp3) is 0. The van der Waals surface area contributed by atoms with E-state index in [0.29, 0.717) is 0 Å². The van der Waals surface area contributed by atoms with E-state index in [0.717, 1.165) is 22.6 Å². The molecule has 0 spiro atoms. The highest BCUT2D eigenvalue weighted by Gasteiger charge is 2.20. The highest BCUT2D eigenvalue weighted by Crippen LogP contribution is 2.47. The summed E-state index contributed by atoms with van der Waals surface area (Å²) < 4.78 is 2.60. The largest absolute Gasteiger partial charge is 0.310 e. The number of thiophene rings is 1. The van der Waals surface area contributed by atoms with Crippen molar-refractivity contribution >= 4 is 80.9 Å². The lowest BCUT2D eigenvalue weighted by Gasteiger charge is -2.26. The van der Waals surface area contributed by atoms with Gasteiger partial charge in [0.15, 0.2) is 0 Å². The summed E-state index contributed by atoms with van der Waals surface area (Å²) in [7, 11) is 0. The second-order valence-electron chi connectivity index (χ2n) is 16.1. The summed E-state index contributed by atoms with van der Waals surface area (Å²) >= 11 is 1.86. The summed E-state index contributed by atoms with van der Waals surface area (Å²) in [5.41, 5.74) is 13.0. The Hall–Kier alpha value is -7.78. The van der Waals surface area contributed by atoms with Gasteiger partial charge in [0.2, 0.25) is 0 Å². The molecule has 62 heavy (non-hydrogen) atoms. The van der Waals surface area contributed by atoms with E-state index in [1.54, 1.807) is 0 Å². The molecule has 0 atom stereocenters. The SMILES string of the molecule is c1ccc(-c2c(-c3ccccc3)c3cc(-c4cccc(N(c5ccc(-c6ccc7ccccc7c6)cc5)c5ccc6sc7ccccc7c6c5)c4)ccc3c3ccccc23)cc1. The van der Waals surface area contributed by atoms with Gasteiger partial charge in [-0.3, -0.25) is 0 Å². The number of hydrogen-bond donors (Lipinski definition) is 0. The fourth-order valence-electron chi connectivity index (χ4n) is 9.48. The summed E-state index contributed by atoms with van der Waals surface area (Å²) in [5, 5.41) is 10.1. The molecule has 290 valence electrons. The summed E-state index contributed by atoms with van der Waals surface area (Å²) in [5.74, 6) is 0. The Morgan fingerprint density at radius 3 is 1.56 bits per heavy atom. The first-order valence-electron chi connectivity index (χ1n) is 21.2. The Kier molecular flexibility index (Phi) is 8.76. The van der Waals surface area contributed by atoms with Gasteiger partial charge in [-0.1, -0.05) is 176 Å². The van der Waals surface area contributed by atoms with Crippen LogP contribution in [0.1, 0.15) is 0 Å². The van der Waals surface area contributed by atoms with Crippen molar-refractivity contribution in [2.75, 3.05) is 4.90 Å². The van der Waals surface area contributed by atoms with Gasteiger partial charge >= 0.3 is 0 Å². The van der Waals surface area contributed by atoms with Crippen LogP contribution in [0.4, 0.5) is 17.1 Å². The van der Waals surface area contributed by atoms with Gasteiger partial charge in [0.1, 0.15) is 0 Å². The van der Waals surface area contributed by atoms with Gasteiger partial charge in [-0.15, -0.1) is 11.3 Å². The van der Waals surface area contributed by atoms with Crippen LogP contribution in [-0.2, 0) is 0 Å². The molecule has 0 fully saturated rings. The van der Waals surface area contributed by atoms with Gasteiger partial charge in [0.05, 0.1) is 0 Å². The lowest BCUT2D eigenvalue weighted by molar-refractivity contribution is 1.29. The van der Waals surface area contributed by atoms with Gasteiger partial charge in [-0.05, 0) is 137 Å². The minimum absolute atomic E-state index is 1.10. The van der Waals surface area contributed by atoms with Crippen molar-refractivity contribution in [1.29, 1.82) is 0 Å². The number of rotatable bonds is 7. The summed E-state index contributed by atoms with van der Waals surface area (Å²) in [4.78, 5) is 2.41. The normalized spacial score (nSPS) is 11.5. The molecule has 0 aliphatic heterocycles. The first-order chi connectivity index (χ1) is 30.7. The minimum Gasteiger partial charge on any atom is -0.310 e. The number of fused-ring (bicyclic) bond motifs is 7. The fourth-order valence-corrected chi connectivity index (χ4v) is 10.6. The Balaban J connectivity index is 1.03. The van der Waals surface area contributed by atoms with Crippen molar-refractivity contribution in [3.63, 3.8) is 0 Å². The third-order valence-electron chi connectivity index (χ3n) is 12.4. The number of hydrogen-bond acceptors (Lipinski definition) is 2. The predicted molar refractivity (Wildman–Crippen MR) is 268 cm³/mol. The predicted octanol–water partition coefficient (Wildman–Crippen LogP) is 17.7. The van der Waals surface area contributed by atoms with Gasteiger partial charge in [-0.2, -0.15) is 0 Å². The number of nitrogens with zero attached hydrogens (tertiary/aromatic N) is 1. The molecule has 0 N–H and O–H groups in total. The lowest BCUT2D eigenvalue weighted by atomic mass is 9.84. The van der Waals surface area contributed by atoms with Crippen LogP contribution < -0.4 is 4.90 Å². The topological polar surface area (TPSA) is 3.24 Å². The highest BCUT2D eigenvalue weighted by atomic mass is 32.1. The molecule has 0 saturated heterocycles. The Morgan fingerprint density at radius 2 is 0.774 bits per heavy atom. The molecule has 12 rings (SSSR count). The quantitative estimate of drug-likeness (QED) is 0.145. The smallest absolute Gasteiger partial charge is 0.0468 e. The monoisotopic (exact) mass is 805 g/mol. The molecule has 12 aromatic rings. The van der Waals surface area contributed by atoms with Crippen molar-refractivity contribution in [2.24, 2.45) is 0 Å². The zero-order valence-electron chi connectivity index (χ0n) is 33.9. The molecular weight excluding hydrogens is 767 g/mol. The van der Waals surface area contributed by atoms with Gasteiger partial charge < -0.3 is 4.90 Å². The molecule has 1 aromatic heterocycles.